The van der Waals surface area contributed by atoms with Crippen LogP contribution in [0.15, 0.2) is 60.7 Å². The minimum absolute atomic E-state index is 0.256. The van der Waals surface area contributed by atoms with E-state index in [9.17, 15) is 18.0 Å². The molecule has 2 aliphatic rings. The van der Waals surface area contributed by atoms with E-state index in [0.29, 0.717) is 5.56 Å². The molecule has 34 heavy (non-hydrogen) atoms. The lowest BCUT2D eigenvalue weighted by molar-refractivity contribution is -0.161. The number of benzene rings is 2. The highest BCUT2D eigenvalue weighted by atomic mass is 32.2. The summed E-state index contributed by atoms with van der Waals surface area (Å²) in [6.07, 6.45) is -4.66. The van der Waals surface area contributed by atoms with Gasteiger partial charge < -0.3 is 23.7 Å². The molecule has 0 spiro atoms. The number of esters is 2. The minimum atomic E-state index is -4.00. The Balaban J connectivity index is 1.57. The molecule has 0 aliphatic carbocycles. The maximum atomic E-state index is 12.8. The zero-order chi connectivity index (χ0) is 24.1. The molecule has 2 heterocycles. The van der Waals surface area contributed by atoms with E-state index in [0.717, 1.165) is 6.26 Å². The van der Waals surface area contributed by atoms with Gasteiger partial charge in [0, 0.05) is 0 Å². The molecule has 2 aliphatic heterocycles. The van der Waals surface area contributed by atoms with Crippen LogP contribution in [0, 0.1) is 0 Å². The predicted molar refractivity (Wildman–Crippen MR) is 116 cm³/mol. The Kier molecular flexibility index (Phi) is 7.59. The third-order valence-corrected chi connectivity index (χ3v) is 5.76. The van der Waals surface area contributed by atoms with Crippen LogP contribution < -0.4 is 0 Å². The first-order chi connectivity index (χ1) is 16.3. The first-order valence-corrected chi connectivity index (χ1v) is 12.4. The summed E-state index contributed by atoms with van der Waals surface area (Å²) in [5, 5.41) is 0. The maximum Gasteiger partial charge on any atom is 0.338 e. The van der Waals surface area contributed by atoms with Crippen molar-refractivity contribution in [1.82, 2.24) is 0 Å². The van der Waals surface area contributed by atoms with Crippen molar-refractivity contribution in [3.8, 4) is 0 Å². The van der Waals surface area contributed by atoms with Gasteiger partial charge in [-0.25, -0.2) is 9.59 Å². The van der Waals surface area contributed by atoms with Crippen molar-refractivity contribution in [3.05, 3.63) is 71.8 Å². The summed E-state index contributed by atoms with van der Waals surface area (Å²) in [4.78, 5) is 25.2. The van der Waals surface area contributed by atoms with E-state index in [1.807, 2.05) is 0 Å². The van der Waals surface area contributed by atoms with Gasteiger partial charge in [0.05, 0.1) is 30.6 Å². The third kappa shape index (κ3) is 5.99. The van der Waals surface area contributed by atoms with Crippen LogP contribution in [-0.4, -0.2) is 77.1 Å². The van der Waals surface area contributed by atoms with E-state index in [4.69, 9.17) is 27.9 Å². The molecule has 0 aromatic heterocycles. The molecule has 0 amide bonds. The first kappa shape index (κ1) is 24.3. The molecule has 4 atom stereocenters. The SMILES string of the molecule is CS(=O)(=O)O[C@H]1[C@@H](OC(=O)c2ccccc2)[C@H](C2OCCO2)O[C@@H]1COC(=O)c1ccccc1. The number of ether oxygens (including phenoxy) is 5. The molecule has 0 N–H and O–H groups in total. The van der Waals surface area contributed by atoms with Crippen LogP contribution in [0.4, 0.5) is 0 Å². The average molecular weight is 493 g/mol. The second-order valence-corrected chi connectivity index (χ2v) is 9.32. The standard InChI is InChI=1S/C23H24O10S/c1-34(26,27)33-18-17(14-30-21(24)15-8-4-2-5-9-15)31-20(23-28-12-13-29-23)19(18)32-22(25)16-10-6-3-7-11-16/h2-11,17-20,23H,12-14H2,1H3/t17-,18-,19-,20-/m1/s1. The van der Waals surface area contributed by atoms with Gasteiger partial charge >= 0.3 is 11.9 Å². The van der Waals surface area contributed by atoms with Gasteiger partial charge in [0.2, 0.25) is 0 Å². The topological polar surface area (TPSA) is 124 Å². The quantitative estimate of drug-likeness (QED) is 0.396. The highest BCUT2D eigenvalue weighted by Gasteiger charge is 2.54. The average Bonchev–Trinajstić information content (AvgIpc) is 3.47. The second-order valence-electron chi connectivity index (χ2n) is 7.71. The van der Waals surface area contributed by atoms with Gasteiger partial charge in [-0.15, -0.1) is 0 Å². The van der Waals surface area contributed by atoms with E-state index in [1.165, 1.54) is 0 Å². The van der Waals surface area contributed by atoms with Crippen LogP contribution in [0.2, 0.25) is 0 Å². The molecule has 2 fully saturated rings. The lowest BCUT2D eigenvalue weighted by atomic mass is 10.1. The van der Waals surface area contributed by atoms with Crippen molar-refractivity contribution in [2.75, 3.05) is 26.1 Å². The molecule has 0 bridgehead atoms. The molecular formula is C23H24O10S. The molecule has 0 radical (unpaired) electrons. The summed E-state index contributed by atoms with van der Waals surface area (Å²) in [5.41, 5.74) is 0.568. The van der Waals surface area contributed by atoms with E-state index < -0.39 is 52.8 Å². The molecular weight excluding hydrogens is 468 g/mol. The van der Waals surface area contributed by atoms with Crippen LogP contribution in [0.5, 0.6) is 0 Å². The Morgan fingerprint density at radius 1 is 0.882 bits per heavy atom. The normalized spacial score (nSPS) is 25.2. The van der Waals surface area contributed by atoms with E-state index >= 15 is 0 Å². The lowest BCUT2D eigenvalue weighted by Crippen LogP contribution is -2.45. The van der Waals surface area contributed by atoms with Gasteiger partial charge in [-0.2, -0.15) is 8.42 Å². The van der Waals surface area contributed by atoms with Crippen LogP contribution >= 0.6 is 0 Å². The predicted octanol–water partition coefficient (Wildman–Crippen LogP) is 1.55. The molecule has 0 saturated carbocycles. The zero-order valence-electron chi connectivity index (χ0n) is 18.3. The smallest absolute Gasteiger partial charge is 0.338 e. The first-order valence-electron chi connectivity index (χ1n) is 10.6. The molecule has 4 rings (SSSR count). The molecule has 11 heteroatoms. The fourth-order valence-corrected chi connectivity index (χ4v) is 4.35. The Bertz CT molecular complexity index is 1080. The van der Waals surface area contributed by atoms with E-state index in [-0.39, 0.29) is 25.4 Å². The monoisotopic (exact) mass is 492 g/mol. The summed E-state index contributed by atoms with van der Waals surface area (Å²) in [7, 11) is -4.00. The largest absolute Gasteiger partial charge is 0.459 e. The lowest BCUT2D eigenvalue weighted by Gasteiger charge is -2.25. The highest BCUT2D eigenvalue weighted by molar-refractivity contribution is 7.86. The van der Waals surface area contributed by atoms with Crippen LogP contribution in [0.25, 0.3) is 0 Å². The maximum absolute atomic E-state index is 12.8. The number of carbonyl (C=O) groups is 2. The van der Waals surface area contributed by atoms with Crippen molar-refractivity contribution < 1.29 is 45.9 Å². The number of hydrogen-bond acceptors (Lipinski definition) is 10. The molecule has 10 nitrogen and oxygen atoms in total. The zero-order valence-corrected chi connectivity index (χ0v) is 19.1. The van der Waals surface area contributed by atoms with Gasteiger partial charge in [0.1, 0.15) is 24.9 Å². The summed E-state index contributed by atoms with van der Waals surface area (Å²) >= 11 is 0. The molecule has 182 valence electrons. The van der Waals surface area contributed by atoms with Gasteiger partial charge in [-0.1, -0.05) is 36.4 Å². The summed E-state index contributed by atoms with van der Waals surface area (Å²) in [5.74, 6) is -1.34. The Hall–Kier alpha value is -2.83. The fourth-order valence-electron chi connectivity index (χ4n) is 3.71. The molecule has 2 aromatic rings. The highest BCUT2D eigenvalue weighted by Crippen LogP contribution is 2.33. The fraction of sp³-hybridized carbons (Fsp3) is 0.391. The van der Waals surface area contributed by atoms with Gasteiger partial charge in [0.25, 0.3) is 10.1 Å². The summed E-state index contributed by atoms with van der Waals surface area (Å²) in [6.45, 7) is 0.223. The Morgan fingerprint density at radius 2 is 1.44 bits per heavy atom. The van der Waals surface area contributed by atoms with Crippen LogP contribution in [0.3, 0.4) is 0 Å². The van der Waals surface area contributed by atoms with Crippen molar-refractivity contribution >= 4 is 22.1 Å². The van der Waals surface area contributed by atoms with Crippen molar-refractivity contribution in [3.63, 3.8) is 0 Å². The van der Waals surface area contributed by atoms with Crippen molar-refractivity contribution in [2.45, 2.75) is 30.7 Å². The Morgan fingerprint density at radius 3 is 2.00 bits per heavy atom. The van der Waals surface area contributed by atoms with Gasteiger partial charge in [-0.05, 0) is 24.3 Å². The van der Waals surface area contributed by atoms with Crippen LogP contribution in [-0.2, 0) is 38.0 Å². The molecule has 2 saturated heterocycles. The number of hydrogen-bond donors (Lipinski definition) is 0. The van der Waals surface area contributed by atoms with E-state index in [1.54, 1.807) is 60.7 Å². The molecule has 2 aromatic carbocycles. The van der Waals surface area contributed by atoms with Gasteiger partial charge in [-0.3, -0.25) is 4.18 Å². The Labute approximate surface area is 196 Å². The van der Waals surface area contributed by atoms with Gasteiger partial charge in [0.15, 0.2) is 12.4 Å². The summed E-state index contributed by atoms with van der Waals surface area (Å²) in [6, 6.07) is 16.5. The van der Waals surface area contributed by atoms with Crippen LogP contribution in [0.1, 0.15) is 20.7 Å². The number of carbonyl (C=O) groups excluding carboxylic acids is 2. The van der Waals surface area contributed by atoms with Crippen molar-refractivity contribution in [2.24, 2.45) is 0 Å². The summed E-state index contributed by atoms with van der Waals surface area (Å²) < 4.78 is 57.3. The minimum Gasteiger partial charge on any atom is -0.459 e. The second kappa shape index (κ2) is 10.6. The number of rotatable bonds is 8. The van der Waals surface area contributed by atoms with Crippen molar-refractivity contribution in [1.29, 1.82) is 0 Å². The molecule has 0 unspecified atom stereocenters. The van der Waals surface area contributed by atoms with E-state index in [2.05, 4.69) is 0 Å². The third-order valence-electron chi connectivity index (χ3n) is 5.19.